The molecule has 6 nitrogen and oxygen atoms in total. The van der Waals surface area contributed by atoms with Crippen molar-refractivity contribution in [3.05, 3.63) is 100 Å². The molecule has 3 rings (SSSR count). The Labute approximate surface area is 203 Å². The molecular formula is C26H23ClNO5S-. The first-order valence-electron chi connectivity index (χ1n) is 10.4. The van der Waals surface area contributed by atoms with Crippen LogP contribution in [0.5, 0.6) is 0 Å². The summed E-state index contributed by atoms with van der Waals surface area (Å²) in [6, 6.07) is 19.6. The summed E-state index contributed by atoms with van der Waals surface area (Å²) in [6.45, 7) is 1.87. The smallest absolute Gasteiger partial charge is 0.194 e. The highest BCUT2D eigenvalue weighted by atomic mass is 35.5. The number of carboxylic acids is 1. The lowest BCUT2D eigenvalue weighted by Gasteiger charge is -2.14. The lowest BCUT2D eigenvalue weighted by atomic mass is 9.99. The molecule has 1 atom stereocenters. The van der Waals surface area contributed by atoms with Gasteiger partial charge in [0.25, 0.3) is 0 Å². The Morgan fingerprint density at radius 1 is 1.03 bits per heavy atom. The number of halogens is 1. The molecule has 0 spiro atoms. The second-order valence-electron chi connectivity index (χ2n) is 7.83. The molecule has 176 valence electrons. The monoisotopic (exact) mass is 496 g/mol. The van der Waals surface area contributed by atoms with Crippen molar-refractivity contribution in [1.29, 1.82) is 0 Å². The Balaban J connectivity index is 1.81. The Morgan fingerprint density at radius 3 is 2.35 bits per heavy atom. The molecule has 0 fully saturated rings. The number of carbonyl (C=O) groups is 2. The van der Waals surface area contributed by atoms with E-state index in [1.807, 2.05) is 31.2 Å². The number of ketones is 1. The molecule has 1 unspecified atom stereocenters. The van der Waals surface area contributed by atoms with Crippen molar-refractivity contribution in [1.82, 2.24) is 0 Å². The van der Waals surface area contributed by atoms with Gasteiger partial charge in [-0.15, -0.1) is 0 Å². The Kier molecular flexibility index (Phi) is 7.91. The fraction of sp³-hybridized carbons (Fsp3) is 0.154. The first-order chi connectivity index (χ1) is 16.1. The van der Waals surface area contributed by atoms with Gasteiger partial charge >= 0.3 is 0 Å². The highest BCUT2D eigenvalue weighted by Crippen LogP contribution is 2.28. The number of nitrogens with one attached hydrogen (secondary N) is 1. The molecular weight excluding hydrogens is 474 g/mol. The van der Waals surface area contributed by atoms with Crippen LogP contribution >= 0.6 is 11.6 Å². The predicted molar refractivity (Wildman–Crippen MR) is 133 cm³/mol. The average Bonchev–Trinajstić information content (AvgIpc) is 2.76. The van der Waals surface area contributed by atoms with Crippen molar-refractivity contribution in [2.45, 2.75) is 18.6 Å². The molecule has 0 aliphatic heterocycles. The van der Waals surface area contributed by atoms with Crippen LogP contribution in [0.2, 0.25) is 5.02 Å². The molecule has 8 heteroatoms. The second-order valence-corrected chi connectivity index (χ2v) is 10.5. The average molecular weight is 497 g/mol. The van der Waals surface area contributed by atoms with E-state index < -0.39 is 21.1 Å². The normalized spacial score (nSPS) is 12.4. The molecule has 0 bridgehead atoms. The summed E-state index contributed by atoms with van der Waals surface area (Å²) in [5.41, 5.74) is 3.90. The molecule has 34 heavy (non-hydrogen) atoms. The van der Waals surface area contributed by atoms with Crippen LogP contribution < -0.4 is 10.4 Å². The van der Waals surface area contributed by atoms with Gasteiger partial charge in [0, 0.05) is 28.8 Å². The second kappa shape index (κ2) is 10.7. The van der Waals surface area contributed by atoms with Crippen LogP contribution in [0.1, 0.15) is 33.5 Å². The van der Waals surface area contributed by atoms with E-state index in [0.717, 1.165) is 11.8 Å². The van der Waals surface area contributed by atoms with Gasteiger partial charge in [0.05, 0.1) is 11.0 Å². The number of benzene rings is 3. The number of carbonyl (C=O) groups excluding carboxylic acids is 2. The van der Waals surface area contributed by atoms with Crippen LogP contribution in [0, 0.1) is 6.92 Å². The first kappa shape index (κ1) is 25.2. The van der Waals surface area contributed by atoms with Gasteiger partial charge in [-0.1, -0.05) is 66.2 Å². The Morgan fingerprint density at radius 2 is 1.71 bits per heavy atom. The molecule has 0 aliphatic carbocycles. The molecule has 1 N–H and O–H groups in total. The van der Waals surface area contributed by atoms with Crippen molar-refractivity contribution >= 4 is 50.6 Å². The zero-order valence-corrected chi connectivity index (χ0v) is 20.2. The minimum atomic E-state index is -3.79. The maximum absolute atomic E-state index is 12.9. The zero-order chi connectivity index (χ0) is 24.9. The third-order valence-corrected chi connectivity index (χ3v) is 7.00. The number of anilines is 2. The fourth-order valence-electron chi connectivity index (χ4n) is 3.43. The quantitative estimate of drug-likeness (QED) is 0.445. The van der Waals surface area contributed by atoms with E-state index in [9.17, 15) is 23.1 Å². The lowest BCUT2D eigenvalue weighted by Crippen LogP contribution is -2.40. The Bertz CT molecular complexity index is 1370. The number of hydrogen-bond donors (Lipinski definition) is 1. The SMILES string of the molecule is Cc1ccccc1C(=O)c1ccc(Nc2ccccc2/C=C/CC(C(=O)[O-])S(C)(=O)=O)cc1Cl. The standard InChI is InChI=1S/C26H24ClNO5S/c1-17-8-3-5-11-20(17)25(29)21-15-14-19(16-22(21)27)28-23-12-6-4-9-18(23)10-7-13-24(26(30)31)34(2,32)33/h3-12,14-16,24,28H,13H2,1-2H3,(H,30,31)/p-1/b10-7+. The highest BCUT2D eigenvalue weighted by Gasteiger charge is 2.20. The van der Waals surface area contributed by atoms with Gasteiger partial charge in [0.2, 0.25) is 0 Å². The largest absolute Gasteiger partial charge is 0.549 e. The number of carboxylic acid groups (broad SMARTS) is 1. The minimum absolute atomic E-state index is 0.161. The molecule has 3 aromatic carbocycles. The van der Waals surface area contributed by atoms with Crippen molar-refractivity contribution in [3.63, 3.8) is 0 Å². The van der Waals surface area contributed by atoms with E-state index in [1.54, 1.807) is 48.5 Å². The van der Waals surface area contributed by atoms with Crippen LogP contribution in [0.15, 0.2) is 72.8 Å². The fourth-order valence-corrected chi connectivity index (χ4v) is 4.50. The van der Waals surface area contributed by atoms with Gasteiger partial charge in [0.15, 0.2) is 15.6 Å². The summed E-state index contributed by atoms with van der Waals surface area (Å²) >= 11 is 6.43. The van der Waals surface area contributed by atoms with Crippen LogP contribution in [0.3, 0.4) is 0 Å². The summed E-state index contributed by atoms with van der Waals surface area (Å²) in [5, 5.41) is 13.1. The first-order valence-corrected chi connectivity index (χ1v) is 12.7. The van der Waals surface area contributed by atoms with Crippen LogP contribution in [-0.4, -0.2) is 31.7 Å². The van der Waals surface area contributed by atoms with E-state index in [4.69, 9.17) is 11.6 Å². The van der Waals surface area contributed by atoms with Gasteiger partial charge in [0.1, 0.15) is 5.25 Å². The molecule has 3 aromatic rings. The summed E-state index contributed by atoms with van der Waals surface area (Å²) in [5.74, 6) is -1.79. The number of allylic oxidation sites excluding steroid dienone is 1. The van der Waals surface area contributed by atoms with E-state index in [0.29, 0.717) is 33.1 Å². The number of rotatable bonds is 9. The molecule has 0 saturated carbocycles. The van der Waals surface area contributed by atoms with Gasteiger partial charge in [-0.05, 0) is 48.7 Å². The Hall–Kier alpha value is -3.42. The number of aryl methyl sites for hydroxylation is 1. The van der Waals surface area contributed by atoms with E-state index in [2.05, 4.69) is 5.32 Å². The number of sulfone groups is 1. The number of hydrogen-bond acceptors (Lipinski definition) is 6. The topological polar surface area (TPSA) is 103 Å². The third kappa shape index (κ3) is 6.12. The van der Waals surface area contributed by atoms with Crippen molar-refractivity contribution < 1.29 is 23.1 Å². The molecule has 0 aromatic heterocycles. The van der Waals surface area contributed by atoms with Crippen LogP contribution in [-0.2, 0) is 14.6 Å². The molecule has 0 radical (unpaired) electrons. The van der Waals surface area contributed by atoms with E-state index >= 15 is 0 Å². The summed E-state index contributed by atoms with van der Waals surface area (Å²) < 4.78 is 23.3. The van der Waals surface area contributed by atoms with Gasteiger partial charge in [-0.25, -0.2) is 8.42 Å². The third-order valence-electron chi connectivity index (χ3n) is 5.27. The highest BCUT2D eigenvalue weighted by molar-refractivity contribution is 7.92. The van der Waals surface area contributed by atoms with E-state index in [1.165, 1.54) is 6.08 Å². The minimum Gasteiger partial charge on any atom is -0.549 e. The van der Waals surface area contributed by atoms with E-state index in [-0.39, 0.29) is 12.2 Å². The molecule has 0 aliphatic rings. The number of aliphatic carboxylic acids is 1. The summed E-state index contributed by atoms with van der Waals surface area (Å²) in [7, 11) is -3.79. The van der Waals surface area contributed by atoms with Crippen LogP contribution in [0.25, 0.3) is 6.08 Å². The van der Waals surface area contributed by atoms with Crippen LogP contribution in [0.4, 0.5) is 11.4 Å². The van der Waals surface area contributed by atoms with Gasteiger partial charge in [-0.3, -0.25) is 4.79 Å². The maximum Gasteiger partial charge on any atom is 0.194 e. The van der Waals surface area contributed by atoms with Crippen molar-refractivity contribution in [2.24, 2.45) is 0 Å². The predicted octanol–water partition coefficient (Wildman–Crippen LogP) is 4.19. The van der Waals surface area contributed by atoms with Gasteiger partial charge < -0.3 is 15.2 Å². The lowest BCUT2D eigenvalue weighted by molar-refractivity contribution is -0.304. The molecule has 0 saturated heterocycles. The number of para-hydroxylation sites is 1. The summed E-state index contributed by atoms with van der Waals surface area (Å²) in [6.07, 6.45) is 3.78. The van der Waals surface area contributed by atoms with Crippen molar-refractivity contribution in [3.8, 4) is 0 Å². The zero-order valence-electron chi connectivity index (χ0n) is 18.6. The molecule has 0 heterocycles. The van der Waals surface area contributed by atoms with Crippen molar-refractivity contribution in [2.75, 3.05) is 11.6 Å². The molecule has 0 amide bonds. The summed E-state index contributed by atoms with van der Waals surface area (Å²) in [4.78, 5) is 24.0. The maximum atomic E-state index is 12.9. The van der Waals surface area contributed by atoms with Gasteiger partial charge in [-0.2, -0.15) is 0 Å².